The predicted octanol–water partition coefficient (Wildman–Crippen LogP) is 3.29. The van der Waals surface area contributed by atoms with Gasteiger partial charge in [0.1, 0.15) is 5.25 Å². The molecule has 7 heteroatoms. The molecule has 0 unspecified atom stereocenters. The number of methoxy groups -OCH3 is 1. The second-order valence-corrected chi connectivity index (χ2v) is 9.72. The Hall–Kier alpha value is -0.790. The topological polar surface area (TPSA) is 46.6 Å². The van der Waals surface area contributed by atoms with Crippen LogP contribution in [0.5, 0.6) is 0 Å². The van der Waals surface area contributed by atoms with E-state index in [2.05, 4.69) is 12.1 Å². The summed E-state index contributed by atoms with van der Waals surface area (Å²) in [7, 11) is 1.39. The van der Waals surface area contributed by atoms with Crippen molar-refractivity contribution < 1.29 is 14.3 Å². The van der Waals surface area contributed by atoms with E-state index in [-0.39, 0.29) is 17.1 Å². The van der Waals surface area contributed by atoms with Crippen molar-refractivity contribution in [2.24, 2.45) is 0 Å². The number of hydrogen-bond donors (Lipinski definition) is 0. The molecular formula is C17H21NO3S3. The zero-order valence-corrected chi connectivity index (χ0v) is 16.1. The van der Waals surface area contributed by atoms with Crippen molar-refractivity contribution in [3.8, 4) is 0 Å². The average molecular weight is 384 g/mol. The van der Waals surface area contributed by atoms with E-state index in [9.17, 15) is 9.59 Å². The van der Waals surface area contributed by atoms with E-state index in [1.165, 1.54) is 30.6 Å². The molecule has 0 spiro atoms. The zero-order valence-electron chi connectivity index (χ0n) is 13.6. The van der Waals surface area contributed by atoms with Gasteiger partial charge in [-0.3, -0.25) is 9.59 Å². The summed E-state index contributed by atoms with van der Waals surface area (Å²) in [6.45, 7) is 1.10. The number of nitrogens with zero attached hydrogens (tertiary/aromatic N) is 1. The molecule has 130 valence electrons. The molecule has 0 bridgehead atoms. The smallest absolute Gasteiger partial charge is 0.320 e. The normalized spacial score (nSPS) is 22.2. The number of carbonyl (C=O) groups is 2. The van der Waals surface area contributed by atoms with Crippen molar-refractivity contribution in [1.82, 2.24) is 4.90 Å². The minimum Gasteiger partial charge on any atom is -0.468 e. The molecule has 1 aromatic rings. The summed E-state index contributed by atoms with van der Waals surface area (Å²) >= 11 is 5.52. The maximum Gasteiger partial charge on any atom is 0.320 e. The minimum atomic E-state index is -0.276. The Morgan fingerprint density at radius 1 is 1.08 bits per heavy atom. The number of hydrogen-bond acceptors (Lipinski definition) is 6. The Bertz CT molecular complexity index is 587. The van der Waals surface area contributed by atoms with Gasteiger partial charge in [0.2, 0.25) is 0 Å². The van der Waals surface area contributed by atoms with Crippen molar-refractivity contribution in [2.75, 3.05) is 37.5 Å². The summed E-state index contributed by atoms with van der Waals surface area (Å²) in [4.78, 5) is 26.2. The van der Waals surface area contributed by atoms with Crippen LogP contribution in [0.15, 0.2) is 24.3 Å². The molecule has 0 saturated carbocycles. The van der Waals surface area contributed by atoms with Crippen LogP contribution in [0.4, 0.5) is 0 Å². The van der Waals surface area contributed by atoms with Crippen LogP contribution in [-0.4, -0.2) is 59.5 Å². The summed E-state index contributed by atoms with van der Waals surface area (Å²) in [5.74, 6) is 2.93. The molecule has 2 fully saturated rings. The van der Waals surface area contributed by atoms with Gasteiger partial charge in [0, 0.05) is 24.4 Å². The van der Waals surface area contributed by atoms with Crippen molar-refractivity contribution in [3.63, 3.8) is 0 Å². The predicted molar refractivity (Wildman–Crippen MR) is 103 cm³/mol. The largest absolute Gasteiger partial charge is 0.468 e. The van der Waals surface area contributed by atoms with Gasteiger partial charge in [-0.05, 0) is 35.6 Å². The van der Waals surface area contributed by atoms with Crippen LogP contribution in [0.25, 0.3) is 0 Å². The molecule has 24 heavy (non-hydrogen) atoms. The van der Waals surface area contributed by atoms with Gasteiger partial charge in [0.25, 0.3) is 5.91 Å². The number of esters is 1. The van der Waals surface area contributed by atoms with E-state index in [1.807, 2.05) is 35.7 Å². The molecule has 2 heterocycles. The van der Waals surface area contributed by atoms with E-state index in [0.717, 1.165) is 5.75 Å². The Kier molecular flexibility index (Phi) is 6.41. The van der Waals surface area contributed by atoms with E-state index in [1.54, 1.807) is 16.7 Å². The number of ether oxygens (including phenoxy) is 1. The molecule has 1 atom stereocenters. The van der Waals surface area contributed by atoms with E-state index >= 15 is 0 Å². The second kappa shape index (κ2) is 8.54. The first-order valence-corrected chi connectivity index (χ1v) is 11.2. The van der Waals surface area contributed by atoms with Crippen LogP contribution in [0, 0.1) is 0 Å². The van der Waals surface area contributed by atoms with E-state index in [0.29, 0.717) is 23.2 Å². The molecule has 2 aliphatic rings. The van der Waals surface area contributed by atoms with Crippen LogP contribution in [0.2, 0.25) is 0 Å². The van der Waals surface area contributed by atoms with E-state index < -0.39 is 0 Å². The van der Waals surface area contributed by atoms with Crippen molar-refractivity contribution in [3.05, 3.63) is 35.4 Å². The Morgan fingerprint density at radius 3 is 2.46 bits per heavy atom. The van der Waals surface area contributed by atoms with Gasteiger partial charge in [0.15, 0.2) is 0 Å². The summed E-state index contributed by atoms with van der Waals surface area (Å²) in [6, 6.07) is 7.98. The molecule has 0 N–H and O–H groups in total. The lowest BCUT2D eigenvalue weighted by atomic mass is 10.1. The van der Waals surface area contributed by atoms with Crippen LogP contribution in [0.1, 0.15) is 26.9 Å². The highest BCUT2D eigenvalue weighted by molar-refractivity contribution is 8.16. The highest BCUT2D eigenvalue weighted by Gasteiger charge is 2.30. The molecule has 4 nitrogen and oxygen atoms in total. The van der Waals surface area contributed by atoms with E-state index in [4.69, 9.17) is 4.74 Å². The van der Waals surface area contributed by atoms with Crippen molar-refractivity contribution in [1.29, 1.82) is 0 Å². The van der Waals surface area contributed by atoms with Crippen LogP contribution >= 0.6 is 35.3 Å². The Morgan fingerprint density at radius 2 is 1.79 bits per heavy atom. The third-order valence-corrected chi connectivity index (χ3v) is 8.25. The first kappa shape index (κ1) is 18.0. The molecule has 2 saturated heterocycles. The molecular weight excluding hydrogens is 362 g/mol. The number of rotatable bonds is 3. The van der Waals surface area contributed by atoms with Gasteiger partial charge in [-0.2, -0.15) is 0 Å². The molecule has 0 radical (unpaired) electrons. The third-order valence-electron chi connectivity index (χ3n) is 4.07. The molecule has 1 aromatic carbocycles. The SMILES string of the molecule is COC(=O)[C@@H]1CN(C(=O)c2ccc(C3SCCCS3)cc2)CCS1. The zero-order chi connectivity index (χ0) is 16.9. The summed E-state index contributed by atoms with van der Waals surface area (Å²) in [5.41, 5.74) is 1.97. The van der Waals surface area contributed by atoms with Gasteiger partial charge in [-0.15, -0.1) is 35.3 Å². The molecule has 2 aliphatic heterocycles. The second-order valence-electron chi connectivity index (χ2n) is 5.68. The minimum absolute atomic E-state index is 0.000275. The molecule has 1 amide bonds. The van der Waals surface area contributed by atoms with Gasteiger partial charge in [-0.1, -0.05) is 12.1 Å². The lowest BCUT2D eigenvalue weighted by Gasteiger charge is -2.31. The third kappa shape index (κ3) is 4.24. The summed E-state index contributed by atoms with van der Waals surface area (Å²) in [6.07, 6.45) is 1.27. The maximum absolute atomic E-state index is 12.7. The maximum atomic E-state index is 12.7. The fourth-order valence-corrected chi connectivity index (χ4v) is 6.78. The van der Waals surface area contributed by atoms with Crippen LogP contribution in [-0.2, 0) is 9.53 Å². The number of benzene rings is 1. The first-order chi connectivity index (χ1) is 11.7. The van der Waals surface area contributed by atoms with Crippen molar-refractivity contribution in [2.45, 2.75) is 16.3 Å². The highest BCUT2D eigenvalue weighted by Crippen LogP contribution is 2.43. The Labute approximate surface area is 155 Å². The van der Waals surface area contributed by atoms with Gasteiger partial charge < -0.3 is 9.64 Å². The quantitative estimate of drug-likeness (QED) is 0.747. The van der Waals surface area contributed by atoms with Crippen LogP contribution in [0.3, 0.4) is 0 Å². The van der Waals surface area contributed by atoms with Gasteiger partial charge >= 0.3 is 5.97 Å². The Balaban J connectivity index is 1.65. The molecule has 0 aliphatic carbocycles. The summed E-state index contributed by atoms with van der Waals surface area (Å²) in [5, 5.41) is -0.276. The lowest BCUT2D eigenvalue weighted by Crippen LogP contribution is -2.44. The van der Waals surface area contributed by atoms with Gasteiger partial charge in [0.05, 0.1) is 11.7 Å². The monoisotopic (exact) mass is 383 g/mol. The van der Waals surface area contributed by atoms with Gasteiger partial charge in [-0.25, -0.2) is 0 Å². The fourth-order valence-electron chi connectivity index (χ4n) is 2.75. The highest BCUT2D eigenvalue weighted by atomic mass is 32.2. The van der Waals surface area contributed by atoms with Crippen molar-refractivity contribution >= 4 is 47.2 Å². The average Bonchev–Trinajstić information content (AvgIpc) is 2.67. The van der Waals surface area contributed by atoms with Crippen LogP contribution < -0.4 is 0 Å². The lowest BCUT2D eigenvalue weighted by molar-refractivity contribution is -0.140. The number of carbonyl (C=O) groups excluding carboxylic acids is 2. The fraction of sp³-hybridized carbons (Fsp3) is 0.529. The first-order valence-electron chi connectivity index (χ1n) is 8.01. The number of amides is 1. The standard InChI is InChI=1S/C17H21NO3S3/c1-21-16(20)14-11-18(7-10-22-14)15(19)12-3-5-13(6-4-12)17-23-8-2-9-24-17/h3-6,14,17H,2,7-11H2,1H3/t14-/m0/s1. The number of thioether (sulfide) groups is 3. The molecule has 0 aromatic heterocycles. The molecule has 3 rings (SSSR count). The summed E-state index contributed by atoms with van der Waals surface area (Å²) < 4.78 is 5.29.